The van der Waals surface area contributed by atoms with Crippen molar-refractivity contribution >= 4 is 17.4 Å². The smallest absolute Gasteiger partial charge is 0.233 e. The van der Waals surface area contributed by atoms with Crippen molar-refractivity contribution in [3.8, 4) is 5.75 Å². The molecule has 0 atom stereocenters. The molecule has 1 spiro atoms. The molecule has 1 aromatic carbocycles. The highest BCUT2D eigenvalue weighted by molar-refractivity contribution is 6.01. The van der Waals surface area contributed by atoms with Crippen LogP contribution in [0, 0.1) is 5.41 Å². The quantitative estimate of drug-likeness (QED) is 0.783. The van der Waals surface area contributed by atoms with Gasteiger partial charge in [-0.15, -0.1) is 0 Å². The predicted molar refractivity (Wildman–Crippen MR) is 86.7 cm³/mol. The van der Waals surface area contributed by atoms with E-state index < -0.39 is 0 Å². The number of ether oxygens (including phenoxy) is 2. The first-order valence-electron chi connectivity index (χ1n) is 8.20. The second kappa shape index (κ2) is 6.71. The molecule has 124 valence electrons. The van der Waals surface area contributed by atoms with Crippen molar-refractivity contribution in [1.29, 1.82) is 0 Å². The van der Waals surface area contributed by atoms with Gasteiger partial charge in [0.2, 0.25) is 5.91 Å². The maximum absolute atomic E-state index is 12.9. The van der Waals surface area contributed by atoms with E-state index in [1.807, 2.05) is 29.2 Å². The molecule has 1 aliphatic heterocycles. The number of rotatable bonds is 5. The number of anilines is 1. The number of methoxy groups -OCH3 is 1. The van der Waals surface area contributed by atoms with E-state index >= 15 is 0 Å². The molecule has 0 bridgehead atoms. The van der Waals surface area contributed by atoms with Crippen LogP contribution in [0.4, 0.5) is 5.69 Å². The molecular formula is C18H23NO4. The van der Waals surface area contributed by atoms with Gasteiger partial charge in [-0.1, -0.05) is 0 Å². The highest BCUT2D eigenvalue weighted by atomic mass is 16.5. The zero-order valence-electron chi connectivity index (χ0n) is 13.5. The van der Waals surface area contributed by atoms with E-state index in [0.29, 0.717) is 44.7 Å². The first-order chi connectivity index (χ1) is 11.1. The van der Waals surface area contributed by atoms with Crippen molar-refractivity contribution in [2.24, 2.45) is 5.41 Å². The third-order valence-corrected chi connectivity index (χ3v) is 4.98. The minimum atomic E-state index is -0.304. The van der Waals surface area contributed by atoms with Crippen LogP contribution in [-0.4, -0.2) is 38.6 Å². The Kier molecular flexibility index (Phi) is 4.66. The molecule has 5 heteroatoms. The molecule has 1 heterocycles. The number of hydrogen-bond donors (Lipinski definition) is 0. The summed E-state index contributed by atoms with van der Waals surface area (Å²) in [5.74, 6) is 1.24. The molecule has 0 unspecified atom stereocenters. The van der Waals surface area contributed by atoms with Gasteiger partial charge in [-0.05, 0) is 43.5 Å². The number of amides is 1. The Bertz CT molecular complexity index is 571. The molecule has 1 saturated heterocycles. The Morgan fingerprint density at radius 1 is 1.04 bits per heavy atom. The van der Waals surface area contributed by atoms with Gasteiger partial charge in [0, 0.05) is 32.2 Å². The fraction of sp³-hybridized carbons (Fsp3) is 0.556. The van der Waals surface area contributed by atoms with Crippen LogP contribution in [0.25, 0.3) is 0 Å². The maximum Gasteiger partial charge on any atom is 0.233 e. The topological polar surface area (TPSA) is 55.8 Å². The zero-order valence-corrected chi connectivity index (χ0v) is 13.5. The van der Waals surface area contributed by atoms with E-state index in [9.17, 15) is 9.59 Å². The number of Topliss-reactive ketones (excluding diaryl/α,β-unsaturated/α-hetero) is 1. The molecule has 1 aliphatic carbocycles. The number of ketones is 1. The van der Waals surface area contributed by atoms with Gasteiger partial charge in [0.05, 0.1) is 12.0 Å². The minimum Gasteiger partial charge on any atom is -0.491 e. The fourth-order valence-electron chi connectivity index (χ4n) is 3.50. The third kappa shape index (κ3) is 3.24. The molecule has 1 amide bonds. The lowest BCUT2D eigenvalue weighted by Crippen LogP contribution is -2.37. The van der Waals surface area contributed by atoms with Crippen molar-refractivity contribution in [3.63, 3.8) is 0 Å². The fourth-order valence-corrected chi connectivity index (χ4v) is 3.50. The maximum atomic E-state index is 12.9. The van der Waals surface area contributed by atoms with Crippen LogP contribution in [0.3, 0.4) is 0 Å². The molecule has 0 radical (unpaired) electrons. The largest absolute Gasteiger partial charge is 0.491 e. The van der Waals surface area contributed by atoms with E-state index in [0.717, 1.165) is 24.4 Å². The first kappa shape index (κ1) is 16.0. The summed E-state index contributed by atoms with van der Waals surface area (Å²) in [5, 5.41) is 0. The third-order valence-electron chi connectivity index (χ3n) is 4.98. The van der Waals surface area contributed by atoms with Crippen LogP contribution in [-0.2, 0) is 14.3 Å². The lowest BCUT2D eigenvalue weighted by Gasteiger charge is -2.30. The molecule has 3 rings (SSSR count). The van der Waals surface area contributed by atoms with Crippen LogP contribution in [0.2, 0.25) is 0 Å². The van der Waals surface area contributed by atoms with E-state index in [1.54, 1.807) is 7.11 Å². The highest BCUT2D eigenvalue weighted by Crippen LogP contribution is 2.45. The van der Waals surface area contributed by atoms with Crippen molar-refractivity contribution in [1.82, 2.24) is 0 Å². The minimum absolute atomic E-state index is 0.179. The van der Waals surface area contributed by atoms with Crippen molar-refractivity contribution in [2.45, 2.75) is 32.1 Å². The summed E-state index contributed by atoms with van der Waals surface area (Å²) in [7, 11) is 1.64. The van der Waals surface area contributed by atoms with Crippen LogP contribution >= 0.6 is 0 Å². The standard InChI is InChI=1S/C18H23NO4/c1-22-12-13-23-16-4-2-14(3-5-16)19-11-10-18(17(19)21)8-6-15(20)7-9-18/h2-5H,6-13H2,1H3. The molecule has 5 nitrogen and oxygen atoms in total. The second-order valence-electron chi connectivity index (χ2n) is 6.36. The Hall–Kier alpha value is -1.88. The Morgan fingerprint density at radius 3 is 2.39 bits per heavy atom. The number of carbonyl (C=O) groups excluding carboxylic acids is 2. The van der Waals surface area contributed by atoms with Gasteiger partial charge in [0.25, 0.3) is 0 Å². The SMILES string of the molecule is COCCOc1ccc(N2CCC3(CCC(=O)CC3)C2=O)cc1. The molecule has 1 aromatic rings. The predicted octanol–water partition coefficient (Wildman–Crippen LogP) is 2.58. The number of carbonyl (C=O) groups is 2. The first-order valence-corrected chi connectivity index (χ1v) is 8.20. The normalized spacial score (nSPS) is 20.3. The van der Waals surface area contributed by atoms with Gasteiger partial charge < -0.3 is 14.4 Å². The second-order valence-corrected chi connectivity index (χ2v) is 6.36. The van der Waals surface area contributed by atoms with Crippen LogP contribution in [0.1, 0.15) is 32.1 Å². The van der Waals surface area contributed by atoms with Gasteiger partial charge in [0.1, 0.15) is 18.1 Å². The molecule has 2 aliphatic rings. The monoisotopic (exact) mass is 317 g/mol. The average molecular weight is 317 g/mol. The lowest BCUT2D eigenvalue weighted by molar-refractivity contribution is -0.130. The van der Waals surface area contributed by atoms with Crippen LogP contribution in [0.15, 0.2) is 24.3 Å². The van der Waals surface area contributed by atoms with E-state index in [-0.39, 0.29) is 11.3 Å². The number of hydrogen-bond acceptors (Lipinski definition) is 4. The summed E-state index contributed by atoms with van der Waals surface area (Å²) >= 11 is 0. The number of benzene rings is 1. The Labute approximate surface area is 136 Å². The molecule has 23 heavy (non-hydrogen) atoms. The van der Waals surface area contributed by atoms with E-state index in [1.165, 1.54) is 0 Å². The van der Waals surface area contributed by atoms with Gasteiger partial charge >= 0.3 is 0 Å². The summed E-state index contributed by atoms with van der Waals surface area (Å²) in [6, 6.07) is 7.61. The number of nitrogens with zero attached hydrogens (tertiary/aromatic N) is 1. The van der Waals surface area contributed by atoms with Gasteiger partial charge in [0.15, 0.2) is 0 Å². The summed E-state index contributed by atoms with van der Waals surface area (Å²) < 4.78 is 10.5. The van der Waals surface area contributed by atoms with E-state index in [2.05, 4.69) is 0 Å². The van der Waals surface area contributed by atoms with Crippen molar-refractivity contribution < 1.29 is 19.1 Å². The molecule has 1 saturated carbocycles. The van der Waals surface area contributed by atoms with Crippen LogP contribution in [0.5, 0.6) is 5.75 Å². The van der Waals surface area contributed by atoms with Crippen molar-refractivity contribution in [3.05, 3.63) is 24.3 Å². The lowest BCUT2D eigenvalue weighted by atomic mass is 9.72. The summed E-state index contributed by atoms with van der Waals surface area (Å²) in [5.41, 5.74) is 0.601. The van der Waals surface area contributed by atoms with Gasteiger partial charge in [-0.3, -0.25) is 9.59 Å². The van der Waals surface area contributed by atoms with Gasteiger partial charge in [-0.2, -0.15) is 0 Å². The highest BCUT2D eigenvalue weighted by Gasteiger charge is 2.48. The summed E-state index contributed by atoms with van der Waals surface area (Å²) in [4.78, 5) is 26.2. The molecule has 0 N–H and O–H groups in total. The molecular weight excluding hydrogens is 294 g/mol. The van der Waals surface area contributed by atoms with E-state index in [4.69, 9.17) is 9.47 Å². The molecule has 0 aromatic heterocycles. The Balaban J connectivity index is 1.66. The zero-order chi connectivity index (χ0) is 16.3. The average Bonchev–Trinajstić information content (AvgIpc) is 2.88. The summed E-state index contributed by atoms with van der Waals surface area (Å²) in [6.45, 7) is 1.79. The van der Waals surface area contributed by atoms with Crippen molar-refractivity contribution in [2.75, 3.05) is 31.8 Å². The Morgan fingerprint density at radius 2 is 1.74 bits per heavy atom. The summed E-state index contributed by atoms with van der Waals surface area (Å²) in [6.07, 6.45) is 3.36. The molecule has 2 fully saturated rings. The van der Waals surface area contributed by atoms with Crippen LogP contribution < -0.4 is 9.64 Å². The van der Waals surface area contributed by atoms with Gasteiger partial charge in [-0.25, -0.2) is 0 Å².